The van der Waals surface area contributed by atoms with Gasteiger partial charge in [0.1, 0.15) is 0 Å². The number of pyridine rings is 1. The van der Waals surface area contributed by atoms with Gasteiger partial charge in [0.15, 0.2) is 9.04 Å². The molecule has 2 unspecified atom stereocenters. The van der Waals surface area contributed by atoms with E-state index in [0.717, 1.165) is 16.5 Å². The van der Waals surface area contributed by atoms with Crippen LogP contribution in [0.3, 0.4) is 0 Å². The van der Waals surface area contributed by atoms with Crippen molar-refractivity contribution >= 4 is 30.9 Å². The SMILES string of the molecule is C[SiH](C)OC(C1CCC(=O)N1Cc1cncc(Br)c1)C(C)(C)C. The third-order valence-electron chi connectivity index (χ3n) is 4.11. The molecule has 4 nitrogen and oxygen atoms in total. The molecule has 0 saturated carbocycles. The highest BCUT2D eigenvalue weighted by atomic mass is 79.9. The van der Waals surface area contributed by atoms with Crippen LogP contribution in [0.5, 0.6) is 0 Å². The van der Waals surface area contributed by atoms with Crippen molar-refractivity contribution in [1.29, 1.82) is 0 Å². The van der Waals surface area contributed by atoms with E-state index < -0.39 is 9.04 Å². The van der Waals surface area contributed by atoms with Crippen LogP contribution in [0.1, 0.15) is 39.2 Å². The largest absolute Gasteiger partial charge is 0.415 e. The number of hydrogen-bond donors (Lipinski definition) is 0. The zero-order chi connectivity index (χ0) is 17.2. The Hall–Kier alpha value is -0.723. The molecule has 128 valence electrons. The normalized spacial score (nSPS) is 20.4. The van der Waals surface area contributed by atoms with Gasteiger partial charge >= 0.3 is 0 Å². The zero-order valence-electron chi connectivity index (χ0n) is 14.7. The third-order valence-corrected chi connectivity index (χ3v) is 5.38. The summed E-state index contributed by atoms with van der Waals surface area (Å²) in [6.07, 6.45) is 5.17. The molecular formula is C17H27BrN2O2Si. The van der Waals surface area contributed by atoms with Gasteiger partial charge in [0.05, 0.1) is 12.1 Å². The number of amides is 1. The van der Waals surface area contributed by atoms with Crippen molar-refractivity contribution in [3.63, 3.8) is 0 Å². The van der Waals surface area contributed by atoms with Crippen LogP contribution in [0.15, 0.2) is 22.9 Å². The summed E-state index contributed by atoms with van der Waals surface area (Å²) >= 11 is 3.45. The highest BCUT2D eigenvalue weighted by Gasteiger charge is 2.42. The lowest BCUT2D eigenvalue weighted by atomic mass is 9.83. The summed E-state index contributed by atoms with van der Waals surface area (Å²) in [5.41, 5.74) is 1.06. The van der Waals surface area contributed by atoms with Gasteiger partial charge in [-0.2, -0.15) is 0 Å². The predicted molar refractivity (Wildman–Crippen MR) is 98.7 cm³/mol. The van der Waals surface area contributed by atoms with E-state index >= 15 is 0 Å². The summed E-state index contributed by atoms with van der Waals surface area (Å²) in [5.74, 6) is 0.221. The summed E-state index contributed by atoms with van der Waals surface area (Å²) in [5, 5.41) is 0. The minimum absolute atomic E-state index is 0.0142. The van der Waals surface area contributed by atoms with Crippen LogP contribution < -0.4 is 0 Å². The first-order chi connectivity index (χ1) is 10.7. The summed E-state index contributed by atoms with van der Waals surface area (Å²) in [6, 6.07) is 2.18. The molecule has 0 spiro atoms. The molecular weight excluding hydrogens is 372 g/mol. The van der Waals surface area contributed by atoms with Crippen LogP contribution in [0, 0.1) is 5.41 Å². The monoisotopic (exact) mass is 398 g/mol. The lowest BCUT2D eigenvalue weighted by molar-refractivity contribution is -0.131. The first-order valence-corrected chi connectivity index (χ1v) is 11.8. The molecule has 6 heteroatoms. The minimum Gasteiger partial charge on any atom is -0.415 e. The lowest BCUT2D eigenvalue weighted by Crippen LogP contribution is -2.49. The zero-order valence-corrected chi connectivity index (χ0v) is 17.4. The maximum absolute atomic E-state index is 12.4. The highest BCUT2D eigenvalue weighted by Crippen LogP contribution is 2.34. The number of carbonyl (C=O) groups is 1. The maximum atomic E-state index is 12.4. The van der Waals surface area contributed by atoms with Crippen molar-refractivity contribution in [3.05, 3.63) is 28.5 Å². The van der Waals surface area contributed by atoms with Crippen LogP contribution >= 0.6 is 15.9 Å². The van der Waals surface area contributed by atoms with Gasteiger partial charge in [-0.1, -0.05) is 20.8 Å². The molecule has 1 aliphatic heterocycles. The van der Waals surface area contributed by atoms with Gasteiger partial charge in [-0.3, -0.25) is 9.78 Å². The lowest BCUT2D eigenvalue weighted by Gasteiger charge is -2.40. The molecule has 2 rings (SSSR count). The number of hydrogen-bond acceptors (Lipinski definition) is 3. The molecule has 0 N–H and O–H groups in total. The Labute approximate surface area is 149 Å². The Morgan fingerprint density at radius 2 is 2.13 bits per heavy atom. The second-order valence-corrected chi connectivity index (χ2v) is 10.9. The van der Waals surface area contributed by atoms with E-state index in [-0.39, 0.29) is 23.5 Å². The van der Waals surface area contributed by atoms with Gasteiger partial charge in [0, 0.05) is 29.8 Å². The van der Waals surface area contributed by atoms with Gasteiger partial charge in [-0.15, -0.1) is 0 Å². The van der Waals surface area contributed by atoms with Crippen LogP contribution in [0.25, 0.3) is 0 Å². The van der Waals surface area contributed by atoms with Crippen molar-refractivity contribution in [3.8, 4) is 0 Å². The highest BCUT2D eigenvalue weighted by molar-refractivity contribution is 9.10. The number of aromatic nitrogens is 1. The Morgan fingerprint density at radius 3 is 2.70 bits per heavy atom. The standard InChI is InChI=1S/C17H27BrN2O2Si/c1-17(2,3)16(22-23(4)5)14-6-7-15(21)20(14)11-12-8-13(18)10-19-9-12/h8-10,14,16,23H,6-7,11H2,1-5H3. The summed E-state index contributed by atoms with van der Waals surface area (Å²) in [6.45, 7) is 11.6. The van der Waals surface area contributed by atoms with Crippen molar-refractivity contribution in [2.24, 2.45) is 5.41 Å². The van der Waals surface area contributed by atoms with Crippen molar-refractivity contribution in [1.82, 2.24) is 9.88 Å². The summed E-state index contributed by atoms with van der Waals surface area (Å²) in [7, 11) is -1.18. The average molecular weight is 399 g/mol. The van der Waals surface area contributed by atoms with Gasteiger partial charge in [-0.05, 0) is 52.5 Å². The number of nitrogens with zero attached hydrogens (tertiary/aromatic N) is 2. The first-order valence-electron chi connectivity index (χ1n) is 8.23. The van der Waals surface area contributed by atoms with Crippen molar-refractivity contribution < 1.29 is 9.22 Å². The Morgan fingerprint density at radius 1 is 1.43 bits per heavy atom. The molecule has 1 aliphatic rings. The van der Waals surface area contributed by atoms with Crippen molar-refractivity contribution in [2.45, 2.75) is 65.4 Å². The van der Waals surface area contributed by atoms with Crippen LogP contribution in [0.2, 0.25) is 13.1 Å². The first kappa shape index (κ1) is 18.6. The quantitative estimate of drug-likeness (QED) is 0.709. The second kappa shape index (κ2) is 7.45. The van der Waals surface area contributed by atoms with E-state index in [1.807, 2.05) is 17.2 Å². The second-order valence-electron chi connectivity index (χ2n) is 7.61. The molecule has 1 fully saturated rings. The number of likely N-dealkylation sites (tertiary alicyclic amines) is 1. The molecule has 0 aliphatic carbocycles. The molecule has 1 aromatic heterocycles. The molecule has 2 atom stereocenters. The molecule has 23 heavy (non-hydrogen) atoms. The Kier molecular flexibility index (Phi) is 6.03. The van der Waals surface area contributed by atoms with Gasteiger partial charge < -0.3 is 9.33 Å². The van der Waals surface area contributed by atoms with E-state index in [1.54, 1.807) is 6.20 Å². The average Bonchev–Trinajstić information content (AvgIpc) is 2.76. The molecule has 0 aromatic carbocycles. The Bertz CT molecular complexity index is 560. The van der Waals surface area contributed by atoms with Gasteiger partial charge in [0.2, 0.25) is 5.91 Å². The fourth-order valence-electron chi connectivity index (χ4n) is 3.18. The van der Waals surface area contributed by atoms with E-state index in [0.29, 0.717) is 13.0 Å². The van der Waals surface area contributed by atoms with Gasteiger partial charge in [-0.25, -0.2) is 0 Å². The molecule has 0 radical (unpaired) electrons. The fraction of sp³-hybridized carbons (Fsp3) is 0.647. The number of carbonyl (C=O) groups excluding carboxylic acids is 1. The minimum atomic E-state index is -1.18. The molecule has 1 amide bonds. The van der Waals surface area contributed by atoms with E-state index in [2.05, 4.69) is 54.8 Å². The topological polar surface area (TPSA) is 42.4 Å². The van der Waals surface area contributed by atoms with E-state index in [1.165, 1.54) is 0 Å². The maximum Gasteiger partial charge on any atom is 0.223 e. The van der Waals surface area contributed by atoms with Gasteiger partial charge in [0.25, 0.3) is 0 Å². The number of rotatable bonds is 5. The smallest absolute Gasteiger partial charge is 0.223 e. The van der Waals surface area contributed by atoms with Crippen LogP contribution in [-0.2, 0) is 15.8 Å². The van der Waals surface area contributed by atoms with E-state index in [9.17, 15) is 4.79 Å². The third kappa shape index (κ3) is 4.87. The van der Waals surface area contributed by atoms with Crippen LogP contribution in [-0.4, -0.2) is 37.0 Å². The van der Waals surface area contributed by atoms with Crippen LogP contribution in [0.4, 0.5) is 0 Å². The fourth-order valence-corrected chi connectivity index (χ4v) is 4.77. The molecule has 1 aromatic rings. The van der Waals surface area contributed by atoms with E-state index in [4.69, 9.17) is 4.43 Å². The predicted octanol–water partition coefficient (Wildman–Crippen LogP) is 3.75. The molecule has 1 saturated heterocycles. The summed E-state index contributed by atoms with van der Waals surface area (Å²) in [4.78, 5) is 18.6. The Balaban J connectivity index is 2.23. The van der Waals surface area contributed by atoms with Crippen molar-refractivity contribution in [2.75, 3.05) is 0 Å². The molecule has 0 bridgehead atoms. The summed E-state index contributed by atoms with van der Waals surface area (Å²) < 4.78 is 7.30. The molecule has 2 heterocycles. The number of halogens is 1.